The van der Waals surface area contributed by atoms with Crippen LogP contribution in [0.1, 0.15) is 58.5 Å². The highest BCUT2D eigenvalue weighted by molar-refractivity contribution is 6.12. The molecule has 2 N–H and O–H groups in total. The number of carbonyl (C=O) groups is 2. The molecule has 10 heteroatoms. The molecule has 202 valence electrons. The summed E-state index contributed by atoms with van der Waals surface area (Å²) in [4.78, 5) is 26.4. The van der Waals surface area contributed by atoms with Crippen LogP contribution in [-0.2, 0) is 23.1 Å². The van der Waals surface area contributed by atoms with Gasteiger partial charge in [0.2, 0.25) is 0 Å². The van der Waals surface area contributed by atoms with Crippen LogP contribution >= 0.6 is 0 Å². The smallest absolute Gasteiger partial charge is 0.257 e. The first-order valence-corrected chi connectivity index (χ1v) is 13.1. The number of rotatable bonds is 8. The molecule has 4 aromatic rings. The quantitative estimate of drug-likeness (QED) is 0.307. The number of nitrogens with one attached hydrogen (secondary N) is 1. The monoisotopic (exact) mass is 532 g/mol. The maximum absolute atomic E-state index is 15.8. The van der Waals surface area contributed by atoms with Crippen molar-refractivity contribution in [3.63, 3.8) is 0 Å². The summed E-state index contributed by atoms with van der Waals surface area (Å²) in [5, 5.41) is 16.9. The highest BCUT2D eigenvalue weighted by Crippen LogP contribution is 2.35. The second kappa shape index (κ2) is 10.3. The van der Waals surface area contributed by atoms with Crippen LogP contribution in [-0.4, -0.2) is 43.9 Å². The van der Waals surface area contributed by atoms with E-state index in [1.54, 1.807) is 46.9 Å². The molecular formula is C29H29FN4O5. The minimum atomic E-state index is -0.616. The molecule has 1 unspecified atom stereocenters. The minimum Gasteiger partial charge on any atom is -0.508 e. The second-order valence-corrected chi connectivity index (χ2v) is 10.2. The van der Waals surface area contributed by atoms with Crippen molar-refractivity contribution in [2.75, 3.05) is 11.9 Å². The molecule has 0 spiro atoms. The molecule has 1 aromatic carbocycles. The van der Waals surface area contributed by atoms with E-state index in [2.05, 4.69) is 10.4 Å². The van der Waals surface area contributed by atoms with Gasteiger partial charge in [0.25, 0.3) is 5.91 Å². The van der Waals surface area contributed by atoms with Crippen molar-refractivity contribution in [1.82, 2.24) is 14.2 Å². The maximum Gasteiger partial charge on any atom is 0.257 e. The lowest BCUT2D eigenvalue weighted by Crippen LogP contribution is -2.22. The number of anilines is 1. The van der Waals surface area contributed by atoms with E-state index >= 15 is 4.39 Å². The summed E-state index contributed by atoms with van der Waals surface area (Å²) in [5.74, 6) is -1.37. The van der Waals surface area contributed by atoms with Crippen molar-refractivity contribution in [2.45, 2.75) is 45.0 Å². The predicted molar refractivity (Wildman–Crippen MR) is 141 cm³/mol. The molecular weight excluding hydrogens is 503 g/mol. The Hall–Kier alpha value is -4.02. The molecule has 0 bridgehead atoms. The van der Waals surface area contributed by atoms with E-state index in [0.717, 1.165) is 32.1 Å². The average molecular weight is 533 g/mol. The molecule has 1 saturated heterocycles. The molecule has 9 nitrogen and oxygen atoms in total. The molecule has 1 atom stereocenters. The third kappa shape index (κ3) is 5.17. The van der Waals surface area contributed by atoms with E-state index in [1.807, 2.05) is 0 Å². The fourth-order valence-electron chi connectivity index (χ4n) is 4.96. The average Bonchev–Trinajstić information content (AvgIpc) is 3.59. The molecule has 1 aliphatic heterocycles. The number of fused-ring (bicyclic) bond motifs is 1. The number of nitrogens with zero attached hydrogens (tertiary/aromatic N) is 3. The summed E-state index contributed by atoms with van der Waals surface area (Å²) in [6.45, 7) is 0.812. The number of ketones is 1. The van der Waals surface area contributed by atoms with Crippen LogP contribution in [0.3, 0.4) is 0 Å². The number of aromatic hydroxyl groups is 1. The van der Waals surface area contributed by atoms with Crippen LogP contribution in [0, 0.1) is 11.7 Å². The van der Waals surface area contributed by atoms with Crippen LogP contribution in [0.5, 0.6) is 5.75 Å². The van der Waals surface area contributed by atoms with Crippen LogP contribution in [0.25, 0.3) is 16.6 Å². The number of carbonyl (C=O) groups excluding carboxylic acids is 2. The normalized spacial score (nSPS) is 17.4. The van der Waals surface area contributed by atoms with Gasteiger partial charge < -0.3 is 24.3 Å². The summed E-state index contributed by atoms with van der Waals surface area (Å²) in [6.07, 6.45) is 8.91. The summed E-state index contributed by atoms with van der Waals surface area (Å²) in [5.41, 5.74) is 2.34. The maximum atomic E-state index is 15.8. The van der Waals surface area contributed by atoms with Crippen molar-refractivity contribution in [2.24, 2.45) is 13.0 Å². The fourth-order valence-corrected chi connectivity index (χ4v) is 4.96. The number of aromatic nitrogens is 3. The zero-order valence-electron chi connectivity index (χ0n) is 21.5. The van der Waals surface area contributed by atoms with Gasteiger partial charge in [-0.25, -0.2) is 4.39 Å². The summed E-state index contributed by atoms with van der Waals surface area (Å²) >= 11 is 0. The van der Waals surface area contributed by atoms with Gasteiger partial charge >= 0.3 is 0 Å². The summed E-state index contributed by atoms with van der Waals surface area (Å²) in [7, 11) is 1.74. The zero-order valence-corrected chi connectivity index (χ0v) is 21.5. The van der Waals surface area contributed by atoms with Gasteiger partial charge in [-0.05, 0) is 61.9 Å². The van der Waals surface area contributed by atoms with E-state index in [4.69, 9.17) is 9.47 Å². The molecule has 4 heterocycles. The number of hydrogen-bond acceptors (Lipinski definition) is 6. The van der Waals surface area contributed by atoms with E-state index in [1.165, 1.54) is 18.2 Å². The number of hydrogen-bond donors (Lipinski definition) is 2. The number of aryl methyl sites for hydroxylation is 1. The van der Waals surface area contributed by atoms with E-state index < -0.39 is 11.7 Å². The van der Waals surface area contributed by atoms with Crippen LogP contribution in [0.4, 0.5) is 10.1 Å². The van der Waals surface area contributed by atoms with Gasteiger partial charge in [-0.1, -0.05) is 0 Å². The molecule has 2 aliphatic rings. The lowest BCUT2D eigenvalue weighted by molar-refractivity contribution is -0.168. The lowest BCUT2D eigenvalue weighted by Gasteiger charge is -2.23. The SMILES string of the molecule is Cn1cc(-c2cc(COC3CCCCO3)cc(NC(=O)c3cc(C(=O)C4CC4)n4ccc(O)cc34)c2F)cn1. The Bertz CT molecular complexity index is 1570. The second-order valence-electron chi connectivity index (χ2n) is 10.2. The fraction of sp³-hybridized carbons (Fsp3) is 0.345. The Morgan fingerprint density at radius 3 is 2.77 bits per heavy atom. The first-order chi connectivity index (χ1) is 18.9. The Morgan fingerprint density at radius 2 is 2.05 bits per heavy atom. The highest BCUT2D eigenvalue weighted by atomic mass is 19.1. The molecule has 1 amide bonds. The van der Waals surface area contributed by atoms with Crippen molar-refractivity contribution in [1.29, 1.82) is 0 Å². The van der Waals surface area contributed by atoms with Gasteiger partial charge in [0, 0.05) is 49.2 Å². The molecule has 1 saturated carbocycles. The Labute approximate surface area is 224 Å². The van der Waals surface area contributed by atoms with E-state index in [9.17, 15) is 14.7 Å². The third-order valence-electron chi connectivity index (χ3n) is 7.17. The van der Waals surface area contributed by atoms with Crippen LogP contribution in [0.2, 0.25) is 0 Å². The van der Waals surface area contributed by atoms with E-state index in [-0.39, 0.29) is 47.2 Å². The third-order valence-corrected chi connectivity index (χ3v) is 7.17. The van der Waals surface area contributed by atoms with Crippen molar-refractivity contribution in [3.05, 3.63) is 71.6 Å². The molecule has 0 radical (unpaired) electrons. The van der Waals surface area contributed by atoms with Gasteiger partial charge in [-0.3, -0.25) is 14.3 Å². The summed E-state index contributed by atoms with van der Waals surface area (Å²) in [6, 6.07) is 7.62. The van der Waals surface area contributed by atoms with Gasteiger partial charge in [0.15, 0.2) is 17.9 Å². The molecule has 39 heavy (non-hydrogen) atoms. The van der Waals surface area contributed by atoms with Crippen LogP contribution < -0.4 is 5.32 Å². The molecule has 1 aliphatic carbocycles. The molecule has 6 rings (SSSR count). The van der Waals surface area contributed by atoms with Crippen LogP contribution in [0.15, 0.2) is 48.9 Å². The Balaban J connectivity index is 1.35. The Kier molecular flexibility index (Phi) is 6.66. The van der Waals surface area contributed by atoms with Gasteiger partial charge in [0.05, 0.1) is 35.3 Å². The number of pyridine rings is 1. The van der Waals surface area contributed by atoms with Gasteiger partial charge in [-0.15, -0.1) is 0 Å². The van der Waals surface area contributed by atoms with Crippen molar-refractivity contribution in [3.8, 4) is 16.9 Å². The molecule has 3 aromatic heterocycles. The number of benzene rings is 1. The standard InChI is InChI=1S/C29H29FN4O5/c1-33-15-19(14-31-33)21-10-17(16-39-26-4-2-3-9-38-26)11-23(27(21)30)32-29(37)22-13-25(28(36)18-5-6-18)34-8-7-20(35)12-24(22)34/h7-8,10-15,18,26,35H,2-6,9,16H2,1H3,(H,32,37). The number of Topliss-reactive ketones (excluding diaryl/α,β-unsaturated/α-hetero) is 1. The predicted octanol–water partition coefficient (Wildman–Crippen LogP) is 5.07. The van der Waals surface area contributed by atoms with Crippen molar-refractivity contribution < 1.29 is 28.6 Å². The first kappa shape index (κ1) is 25.3. The lowest BCUT2D eigenvalue weighted by atomic mass is 10.0. The summed E-state index contributed by atoms with van der Waals surface area (Å²) < 4.78 is 30.6. The van der Waals surface area contributed by atoms with E-state index in [0.29, 0.717) is 28.9 Å². The highest BCUT2D eigenvalue weighted by Gasteiger charge is 2.33. The Morgan fingerprint density at radius 1 is 1.21 bits per heavy atom. The van der Waals surface area contributed by atoms with Crippen molar-refractivity contribution >= 4 is 22.9 Å². The number of amides is 1. The molecule has 2 fully saturated rings. The van der Waals surface area contributed by atoms with Gasteiger partial charge in [-0.2, -0.15) is 5.10 Å². The number of ether oxygens (including phenoxy) is 2. The minimum absolute atomic E-state index is 0.0286. The first-order valence-electron chi connectivity index (χ1n) is 13.1. The van der Waals surface area contributed by atoms with Gasteiger partial charge in [0.1, 0.15) is 5.75 Å². The number of halogens is 1. The topological polar surface area (TPSA) is 107 Å². The largest absolute Gasteiger partial charge is 0.508 e. The zero-order chi connectivity index (χ0) is 27.1.